The van der Waals surface area contributed by atoms with Crippen molar-refractivity contribution in [3.05, 3.63) is 71.0 Å². The fourth-order valence-corrected chi connectivity index (χ4v) is 2.68. The van der Waals surface area contributed by atoms with Crippen molar-refractivity contribution in [2.75, 3.05) is 0 Å². The van der Waals surface area contributed by atoms with E-state index in [4.69, 9.17) is 11.6 Å². The molecule has 1 nitrogen and oxygen atoms in total. The molecular weight excluding hydrogens is 287 g/mol. The molecule has 0 atom stereocenters. The molecule has 0 radical (unpaired) electrons. The Morgan fingerprint density at radius 2 is 1.67 bits per heavy atom. The molecule has 0 saturated carbocycles. The van der Waals surface area contributed by atoms with Crippen molar-refractivity contribution in [2.45, 2.75) is 6.92 Å². The van der Waals surface area contributed by atoms with Crippen LogP contribution in [0.3, 0.4) is 0 Å². The lowest BCUT2D eigenvalue weighted by Gasteiger charge is -2.10. The van der Waals surface area contributed by atoms with E-state index in [2.05, 4.69) is 0 Å². The highest BCUT2D eigenvalue weighted by molar-refractivity contribution is 6.36. The van der Waals surface area contributed by atoms with E-state index in [9.17, 15) is 9.18 Å². The fraction of sp³-hybridized carbons (Fsp3) is 0.0556. The zero-order valence-electron chi connectivity index (χ0n) is 11.4. The summed E-state index contributed by atoms with van der Waals surface area (Å²) in [7, 11) is 0. The molecule has 3 rings (SSSR count). The largest absolute Gasteiger partial charge is 0.295 e. The number of halogens is 2. The lowest BCUT2D eigenvalue weighted by Crippen LogP contribution is -1.95. The summed E-state index contributed by atoms with van der Waals surface area (Å²) in [6.45, 7) is 1.47. The Hall–Kier alpha value is -2.19. The molecule has 21 heavy (non-hydrogen) atoms. The number of ketones is 1. The number of benzene rings is 3. The minimum Gasteiger partial charge on any atom is -0.295 e. The Bertz CT molecular complexity index is 855. The van der Waals surface area contributed by atoms with Crippen LogP contribution in [-0.2, 0) is 0 Å². The third kappa shape index (κ3) is 2.43. The van der Waals surface area contributed by atoms with Crippen LogP contribution in [0.4, 0.5) is 4.39 Å². The van der Waals surface area contributed by atoms with Crippen LogP contribution < -0.4 is 0 Å². The molecule has 3 aromatic carbocycles. The number of fused-ring (bicyclic) bond motifs is 1. The Labute approximate surface area is 127 Å². The van der Waals surface area contributed by atoms with Crippen LogP contribution in [-0.4, -0.2) is 5.78 Å². The lowest BCUT2D eigenvalue weighted by atomic mass is 9.96. The predicted octanol–water partition coefficient (Wildman–Crippen LogP) is 5.50. The second kappa shape index (κ2) is 5.30. The van der Waals surface area contributed by atoms with Gasteiger partial charge in [0.15, 0.2) is 5.78 Å². The molecular formula is C18H12ClFO. The zero-order valence-corrected chi connectivity index (χ0v) is 12.1. The fourth-order valence-electron chi connectivity index (χ4n) is 2.45. The van der Waals surface area contributed by atoms with Gasteiger partial charge in [0.05, 0.1) is 0 Å². The van der Waals surface area contributed by atoms with E-state index < -0.39 is 0 Å². The molecule has 3 aromatic rings. The van der Waals surface area contributed by atoms with Crippen LogP contribution >= 0.6 is 11.6 Å². The zero-order chi connectivity index (χ0) is 15.0. The van der Waals surface area contributed by atoms with Gasteiger partial charge in [-0.2, -0.15) is 0 Å². The number of Topliss-reactive ketones (excluding diaryl/α,β-unsaturated/α-hetero) is 1. The SMILES string of the molecule is CC(=O)c1ccc(F)c(-c2ccc(Cl)c3ccccc23)c1. The van der Waals surface area contributed by atoms with Crippen molar-refractivity contribution in [2.24, 2.45) is 0 Å². The normalized spacial score (nSPS) is 10.8. The van der Waals surface area contributed by atoms with Gasteiger partial charge >= 0.3 is 0 Å². The quantitative estimate of drug-likeness (QED) is 0.571. The monoisotopic (exact) mass is 298 g/mol. The molecule has 0 aliphatic heterocycles. The molecule has 3 heteroatoms. The summed E-state index contributed by atoms with van der Waals surface area (Å²) in [6.07, 6.45) is 0. The van der Waals surface area contributed by atoms with E-state index in [-0.39, 0.29) is 11.6 Å². The number of rotatable bonds is 2. The molecule has 0 aliphatic rings. The van der Waals surface area contributed by atoms with E-state index in [1.165, 1.54) is 19.1 Å². The third-order valence-electron chi connectivity index (χ3n) is 3.53. The predicted molar refractivity (Wildman–Crippen MR) is 84.4 cm³/mol. The number of carbonyl (C=O) groups is 1. The molecule has 0 spiro atoms. The minimum absolute atomic E-state index is 0.0884. The van der Waals surface area contributed by atoms with Crippen LogP contribution in [0.2, 0.25) is 5.02 Å². The Balaban J connectivity index is 2.33. The lowest BCUT2D eigenvalue weighted by molar-refractivity contribution is 0.101. The third-order valence-corrected chi connectivity index (χ3v) is 3.86. The number of hydrogen-bond acceptors (Lipinski definition) is 1. The topological polar surface area (TPSA) is 17.1 Å². The molecule has 0 aliphatic carbocycles. The molecule has 0 amide bonds. The molecule has 104 valence electrons. The first-order valence-electron chi connectivity index (χ1n) is 6.56. The maximum Gasteiger partial charge on any atom is 0.159 e. The highest BCUT2D eigenvalue weighted by Gasteiger charge is 2.12. The van der Waals surface area contributed by atoms with Crippen molar-refractivity contribution < 1.29 is 9.18 Å². The summed E-state index contributed by atoms with van der Waals surface area (Å²) in [4.78, 5) is 11.5. The second-order valence-electron chi connectivity index (χ2n) is 4.89. The van der Waals surface area contributed by atoms with E-state index >= 15 is 0 Å². The van der Waals surface area contributed by atoms with Gasteiger partial charge in [0, 0.05) is 21.5 Å². The smallest absolute Gasteiger partial charge is 0.159 e. The van der Waals surface area contributed by atoms with E-state index in [1.807, 2.05) is 24.3 Å². The van der Waals surface area contributed by atoms with Crippen LogP contribution in [0, 0.1) is 5.82 Å². The molecule has 0 unspecified atom stereocenters. The summed E-state index contributed by atoms with van der Waals surface area (Å²) in [6, 6.07) is 15.5. The first-order chi connectivity index (χ1) is 10.1. The summed E-state index contributed by atoms with van der Waals surface area (Å²) in [5.74, 6) is -0.443. The Kier molecular flexibility index (Phi) is 3.48. The molecule has 0 fully saturated rings. The first-order valence-corrected chi connectivity index (χ1v) is 6.94. The summed E-state index contributed by atoms with van der Waals surface area (Å²) in [5, 5.41) is 2.35. The van der Waals surface area contributed by atoms with Crippen molar-refractivity contribution in [1.29, 1.82) is 0 Å². The summed E-state index contributed by atoms with van der Waals surface area (Å²) < 4.78 is 14.2. The van der Waals surface area contributed by atoms with Gasteiger partial charge in [-0.05, 0) is 42.1 Å². The number of hydrogen-bond donors (Lipinski definition) is 0. The maximum atomic E-state index is 14.2. The molecule has 0 saturated heterocycles. The van der Waals surface area contributed by atoms with Gasteiger partial charge in [-0.1, -0.05) is 41.9 Å². The van der Waals surface area contributed by atoms with Gasteiger partial charge in [-0.3, -0.25) is 4.79 Å². The van der Waals surface area contributed by atoms with Crippen LogP contribution in [0.5, 0.6) is 0 Å². The molecule has 0 N–H and O–H groups in total. The highest BCUT2D eigenvalue weighted by Crippen LogP contribution is 2.34. The molecule has 0 aromatic heterocycles. The van der Waals surface area contributed by atoms with Crippen LogP contribution in [0.15, 0.2) is 54.6 Å². The van der Waals surface area contributed by atoms with Crippen LogP contribution in [0.1, 0.15) is 17.3 Å². The van der Waals surface area contributed by atoms with E-state index in [1.54, 1.807) is 18.2 Å². The van der Waals surface area contributed by atoms with Gasteiger partial charge in [0.1, 0.15) is 5.82 Å². The second-order valence-corrected chi connectivity index (χ2v) is 5.30. The maximum absolute atomic E-state index is 14.2. The average molecular weight is 299 g/mol. The van der Waals surface area contributed by atoms with Gasteiger partial charge in [-0.25, -0.2) is 4.39 Å². The number of carbonyl (C=O) groups excluding carboxylic acids is 1. The summed E-state index contributed by atoms with van der Waals surface area (Å²) >= 11 is 6.19. The summed E-state index contributed by atoms with van der Waals surface area (Å²) in [5.41, 5.74) is 1.64. The standard InChI is InChI=1S/C18H12ClFO/c1-11(21)12-6-9-18(20)16(10-12)14-7-8-17(19)15-5-3-2-4-13(14)15/h2-10H,1H3. The Morgan fingerprint density at radius 3 is 2.38 bits per heavy atom. The molecule has 0 heterocycles. The Morgan fingerprint density at radius 1 is 0.952 bits per heavy atom. The van der Waals surface area contributed by atoms with Crippen molar-refractivity contribution in [3.8, 4) is 11.1 Å². The highest BCUT2D eigenvalue weighted by atomic mass is 35.5. The van der Waals surface area contributed by atoms with Crippen molar-refractivity contribution in [1.82, 2.24) is 0 Å². The van der Waals surface area contributed by atoms with Crippen molar-refractivity contribution >= 4 is 28.2 Å². The van der Waals surface area contributed by atoms with E-state index in [0.29, 0.717) is 16.1 Å². The molecule has 0 bridgehead atoms. The average Bonchev–Trinajstić information content (AvgIpc) is 2.49. The van der Waals surface area contributed by atoms with E-state index in [0.717, 1.165) is 16.3 Å². The van der Waals surface area contributed by atoms with Gasteiger partial charge in [0.2, 0.25) is 0 Å². The minimum atomic E-state index is -0.354. The van der Waals surface area contributed by atoms with Gasteiger partial charge < -0.3 is 0 Å². The van der Waals surface area contributed by atoms with Gasteiger partial charge in [-0.15, -0.1) is 0 Å². The van der Waals surface area contributed by atoms with Crippen LogP contribution in [0.25, 0.3) is 21.9 Å². The van der Waals surface area contributed by atoms with Gasteiger partial charge in [0.25, 0.3) is 0 Å². The van der Waals surface area contributed by atoms with Crippen molar-refractivity contribution in [3.63, 3.8) is 0 Å². The first kappa shape index (κ1) is 13.8.